The molecule has 0 radical (unpaired) electrons. The van der Waals surface area contributed by atoms with E-state index in [1.54, 1.807) is 18.2 Å². The number of nitrogens with zero attached hydrogens (tertiary/aromatic N) is 1. The summed E-state index contributed by atoms with van der Waals surface area (Å²) in [5.74, 6) is 1.11. The number of fused-ring (bicyclic) bond motifs is 1. The number of benzene rings is 4. The molecule has 6 heteroatoms. The normalized spacial score (nSPS) is 11.1. The first-order valence-corrected chi connectivity index (χ1v) is 11.1. The van der Waals surface area contributed by atoms with Crippen molar-refractivity contribution >= 4 is 46.3 Å². The Bertz CT molecular complexity index is 1480. The van der Waals surface area contributed by atoms with Crippen LogP contribution in [0.1, 0.15) is 21.6 Å². The van der Waals surface area contributed by atoms with Crippen molar-refractivity contribution in [1.82, 2.24) is 10.2 Å². The highest BCUT2D eigenvalue weighted by Crippen LogP contribution is 2.28. The van der Waals surface area contributed by atoms with Gasteiger partial charge in [-0.15, -0.1) is 0 Å². The zero-order valence-electron chi connectivity index (χ0n) is 18.0. The fourth-order valence-electron chi connectivity index (χ4n) is 3.53. The highest BCUT2D eigenvalue weighted by atomic mass is 35.5. The van der Waals surface area contributed by atoms with Gasteiger partial charge in [0.2, 0.25) is 0 Å². The molecule has 5 aromatic rings. The van der Waals surface area contributed by atoms with Crippen LogP contribution in [0.4, 0.5) is 5.69 Å². The lowest BCUT2D eigenvalue weighted by molar-refractivity contribution is 0.102. The first-order valence-electron chi connectivity index (χ1n) is 10.7. The molecule has 2 N–H and O–H groups in total. The molecule has 0 aliphatic heterocycles. The third-order valence-electron chi connectivity index (χ3n) is 5.23. The van der Waals surface area contributed by atoms with Gasteiger partial charge >= 0.3 is 0 Å². The van der Waals surface area contributed by atoms with Crippen molar-refractivity contribution in [1.29, 1.82) is 0 Å². The lowest BCUT2D eigenvalue weighted by Crippen LogP contribution is -2.11. The van der Waals surface area contributed by atoms with Crippen LogP contribution < -0.4 is 10.1 Å². The van der Waals surface area contributed by atoms with Crippen LogP contribution in [-0.4, -0.2) is 16.1 Å². The fraction of sp³-hybridized carbons (Fsp3) is 0. The number of nitrogens with one attached hydrogen (secondary N) is 2. The Labute approximate surface area is 201 Å². The zero-order valence-corrected chi connectivity index (χ0v) is 18.8. The van der Waals surface area contributed by atoms with E-state index in [1.807, 2.05) is 91.0 Å². The average molecular weight is 466 g/mol. The van der Waals surface area contributed by atoms with E-state index in [-0.39, 0.29) is 5.91 Å². The molecule has 0 fully saturated rings. The number of H-pyrrole nitrogens is 1. The van der Waals surface area contributed by atoms with Gasteiger partial charge in [0.15, 0.2) is 0 Å². The number of carbonyl (C=O) groups is 1. The van der Waals surface area contributed by atoms with E-state index in [0.717, 1.165) is 22.2 Å². The van der Waals surface area contributed by atoms with E-state index in [2.05, 4.69) is 15.5 Å². The number of aromatic nitrogens is 2. The largest absolute Gasteiger partial charge is 0.457 e. The van der Waals surface area contributed by atoms with Crippen molar-refractivity contribution < 1.29 is 9.53 Å². The van der Waals surface area contributed by atoms with Crippen molar-refractivity contribution in [3.05, 3.63) is 119 Å². The van der Waals surface area contributed by atoms with E-state index in [0.29, 0.717) is 27.8 Å². The van der Waals surface area contributed by atoms with E-state index < -0.39 is 0 Å². The summed E-state index contributed by atoms with van der Waals surface area (Å²) in [5.41, 5.74) is 3.99. The Kier molecular flexibility index (Phi) is 6.10. The lowest BCUT2D eigenvalue weighted by Gasteiger charge is -2.09. The number of hydrogen-bond donors (Lipinski definition) is 2. The van der Waals surface area contributed by atoms with Gasteiger partial charge in [0.1, 0.15) is 11.5 Å². The Balaban J connectivity index is 1.30. The maximum absolute atomic E-state index is 12.4. The third kappa shape index (κ3) is 5.00. The van der Waals surface area contributed by atoms with Crippen molar-refractivity contribution in [3.8, 4) is 11.5 Å². The molecule has 0 saturated heterocycles. The first-order chi connectivity index (χ1) is 16.6. The molecular formula is C28H20ClN3O2. The summed E-state index contributed by atoms with van der Waals surface area (Å²) < 4.78 is 6.03. The lowest BCUT2D eigenvalue weighted by atomic mass is 10.1. The second kappa shape index (κ2) is 9.65. The zero-order chi connectivity index (χ0) is 23.3. The van der Waals surface area contributed by atoms with Crippen LogP contribution in [0.2, 0.25) is 5.02 Å². The van der Waals surface area contributed by atoms with Crippen LogP contribution in [-0.2, 0) is 0 Å². The minimum atomic E-state index is -0.171. The molecule has 5 rings (SSSR count). The molecule has 1 aromatic heterocycles. The summed E-state index contributed by atoms with van der Waals surface area (Å²) in [6.45, 7) is 0. The van der Waals surface area contributed by atoms with Gasteiger partial charge in [0, 0.05) is 33.8 Å². The number of anilines is 1. The summed E-state index contributed by atoms with van der Waals surface area (Å²) in [5, 5.41) is 12.1. The Morgan fingerprint density at radius 1 is 0.853 bits per heavy atom. The highest BCUT2D eigenvalue weighted by Gasteiger charge is 2.08. The SMILES string of the molecule is O=C(Nc1cccc(Oc2ccc3c(C=Cc4ccc(Cl)cc4)n[nH]c3c2)c1)c1ccccc1. The molecule has 5 nitrogen and oxygen atoms in total. The van der Waals surface area contributed by atoms with Gasteiger partial charge in [-0.1, -0.05) is 54.1 Å². The van der Waals surface area contributed by atoms with Crippen molar-refractivity contribution in [2.24, 2.45) is 0 Å². The molecule has 0 saturated carbocycles. The van der Waals surface area contributed by atoms with Gasteiger partial charge in [-0.3, -0.25) is 9.89 Å². The molecule has 0 spiro atoms. The third-order valence-corrected chi connectivity index (χ3v) is 5.48. The van der Waals surface area contributed by atoms with Gasteiger partial charge in [-0.2, -0.15) is 5.10 Å². The topological polar surface area (TPSA) is 67.0 Å². The minimum absolute atomic E-state index is 0.171. The van der Waals surface area contributed by atoms with Gasteiger partial charge in [-0.25, -0.2) is 0 Å². The van der Waals surface area contributed by atoms with Crippen LogP contribution in [0.25, 0.3) is 23.1 Å². The maximum Gasteiger partial charge on any atom is 0.255 e. The van der Waals surface area contributed by atoms with E-state index in [4.69, 9.17) is 16.3 Å². The summed E-state index contributed by atoms with van der Waals surface area (Å²) >= 11 is 5.95. The van der Waals surface area contributed by atoms with Gasteiger partial charge in [0.25, 0.3) is 5.91 Å². The number of hydrogen-bond acceptors (Lipinski definition) is 3. The number of amides is 1. The Morgan fingerprint density at radius 2 is 1.65 bits per heavy atom. The minimum Gasteiger partial charge on any atom is -0.457 e. The highest BCUT2D eigenvalue weighted by molar-refractivity contribution is 6.30. The van der Waals surface area contributed by atoms with Crippen molar-refractivity contribution in [3.63, 3.8) is 0 Å². The predicted molar refractivity (Wildman–Crippen MR) is 137 cm³/mol. The second-order valence-corrected chi connectivity index (χ2v) is 8.09. The molecule has 34 heavy (non-hydrogen) atoms. The molecule has 1 amide bonds. The average Bonchev–Trinajstić information content (AvgIpc) is 3.26. The molecule has 4 aromatic carbocycles. The first kappa shape index (κ1) is 21.5. The van der Waals surface area contributed by atoms with Crippen LogP contribution >= 0.6 is 11.6 Å². The number of ether oxygens (including phenoxy) is 1. The van der Waals surface area contributed by atoms with E-state index in [1.165, 1.54) is 0 Å². The number of carbonyl (C=O) groups excluding carboxylic acids is 1. The van der Waals surface area contributed by atoms with Crippen LogP contribution in [0.15, 0.2) is 97.1 Å². The quantitative estimate of drug-likeness (QED) is 0.274. The summed E-state index contributed by atoms with van der Waals surface area (Å²) in [7, 11) is 0. The van der Waals surface area contributed by atoms with Crippen LogP contribution in [0, 0.1) is 0 Å². The smallest absolute Gasteiger partial charge is 0.255 e. The molecule has 0 bridgehead atoms. The van der Waals surface area contributed by atoms with E-state index in [9.17, 15) is 4.79 Å². The van der Waals surface area contributed by atoms with Gasteiger partial charge in [0.05, 0.1) is 11.2 Å². The number of halogens is 1. The van der Waals surface area contributed by atoms with E-state index >= 15 is 0 Å². The maximum atomic E-state index is 12.4. The van der Waals surface area contributed by atoms with Crippen LogP contribution in [0.5, 0.6) is 11.5 Å². The van der Waals surface area contributed by atoms with Gasteiger partial charge in [-0.05, 0) is 60.2 Å². The molecule has 0 aliphatic rings. The molecular weight excluding hydrogens is 446 g/mol. The molecule has 0 aliphatic carbocycles. The van der Waals surface area contributed by atoms with Gasteiger partial charge < -0.3 is 10.1 Å². The summed E-state index contributed by atoms with van der Waals surface area (Å²) in [6.07, 6.45) is 3.95. The van der Waals surface area contributed by atoms with Crippen molar-refractivity contribution in [2.45, 2.75) is 0 Å². The molecule has 166 valence electrons. The predicted octanol–water partition coefficient (Wildman–Crippen LogP) is 7.43. The van der Waals surface area contributed by atoms with Crippen molar-refractivity contribution in [2.75, 3.05) is 5.32 Å². The Hall–Kier alpha value is -4.35. The van der Waals surface area contributed by atoms with Crippen LogP contribution in [0.3, 0.4) is 0 Å². The second-order valence-electron chi connectivity index (χ2n) is 7.65. The molecule has 0 atom stereocenters. The number of aromatic amines is 1. The monoisotopic (exact) mass is 465 g/mol. The number of rotatable bonds is 6. The molecule has 0 unspecified atom stereocenters. The Morgan fingerprint density at radius 3 is 2.47 bits per heavy atom. The molecule has 1 heterocycles. The fourth-order valence-corrected chi connectivity index (χ4v) is 3.65. The summed E-state index contributed by atoms with van der Waals surface area (Å²) in [4.78, 5) is 12.4. The summed E-state index contributed by atoms with van der Waals surface area (Å²) in [6, 6.07) is 29.8. The standard InChI is InChI=1S/C28H20ClN3O2/c29-21-12-9-19(10-13-21)11-16-26-25-15-14-24(18-27(25)32-31-26)34-23-8-4-7-22(17-23)30-28(33)20-5-2-1-3-6-20/h1-18H,(H,30,33)(H,31,32).